The smallest absolute Gasteiger partial charge is 0.144 e. The van der Waals surface area contributed by atoms with Crippen LogP contribution in [0.15, 0.2) is 67.4 Å². The number of carbonyl (C=O) groups excluding carboxylic acids is 1. The molecule has 0 spiro atoms. The van der Waals surface area contributed by atoms with Gasteiger partial charge < -0.3 is 15.4 Å². The lowest BCUT2D eigenvalue weighted by Gasteiger charge is -2.20. The first-order valence-electron chi connectivity index (χ1n) is 11.7. The molecule has 4 rings (SSSR count). The van der Waals surface area contributed by atoms with Crippen LogP contribution in [-0.2, 0) is 10.2 Å². The summed E-state index contributed by atoms with van der Waals surface area (Å²) in [4.78, 5) is 19.8. The van der Waals surface area contributed by atoms with Crippen molar-refractivity contribution in [2.24, 2.45) is 5.73 Å². The van der Waals surface area contributed by atoms with Gasteiger partial charge in [0.1, 0.15) is 17.4 Å². The van der Waals surface area contributed by atoms with Crippen molar-refractivity contribution < 1.29 is 9.53 Å². The molecule has 1 atom stereocenters. The Morgan fingerprint density at radius 1 is 1.23 bits per heavy atom. The number of nitrogens with zero attached hydrogens (tertiary/aromatic N) is 2. The molecule has 1 heterocycles. The van der Waals surface area contributed by atoms with Gasteiger partial charge in [-0.3, -0.25) is 4.79 Å². The number of carbonyl (C=O) groups is 1. The van der Waals surface area contributed by atoms with Gasteiger partial charge >= 0.3 is 0 Å². The minimum absolute atomic E-state index is 0.184. The van der Waals surface area contributed by atoms with E-state index in [0.29, 0.717) is 12.1 Å². The lowest BCUT2D eigenvalue weighted by molar-refractivity contribution is -0.121. The molecular weight excluding hydrogens is 434 g/mol. The largest absolute Gasteiger partial charge is 0.497 e. The summed E-state index contributed by atoms with van der Waals surface area (Å²) < 4.78 is 5.36. The first kappa shape index (κ1) is 24.1. The first-order valence-corrected chi connectivity index (χ1v) is 11.7. The van der Waals surface area contributed by atoms with Crippen LogP contribution in [-0.4, -0.2) is 32.0 Å². The lowest BCUT2D eigenvalue weighted by atomic mass is 9.84. The predicted molar refractivity (Wildman–Crippen MR) is 142 cm³/mol. The molecule has 1 aliphatic carbocycles. The summed E-state index contributed by atoms with van der Waals surface area (Å²) in [6.45, 7) is 3.95. The number of ketones is 1. The zero-order chi connectivity index (χ0) is 25.2. The molecule has 5 nitrogen and oxygen atoms in total. The van der Waals surface area contributed by atoms with E-state index in [9.17, 15) is 4.79 Å². The fourth-order valence-corrected chi connectivity index (χ4v) is 4.67. The molecule has 5 heteroatoms. The van der Waals surface area contributed by atoms with Gasteiger partial charge in [0.25, 0.3) is 0 Å². The predicted octanol–water partition coefficient (Wildman–Crippen LogP) is 5.16. The third kappa shape index (κ3) is 4.65. The van der Waals surface area contributed by atoms with E-state index in [4.69, 9.17) is 16.9 Å². The van der Waals surface area contributed by atoms with Crippen LogP contribution in [0.1, 0.15) is 41.9 Å². The number of ether oxygens (including phenoxy) is 1. The number of nitrogens with two attached hydrogens (primary N) is 1. The summed E-state index contributed by atoms with van der Waals surface area (Å²) >= 11 is 0. The van der Waals surface area contributed by atoms with Crippen molar-refractivity contribution in [2.45, 2.75) is 30.6 Å². The molecule has 35 heavy (non-hydrogen) atoms. The van der Waals surface area contributed by atoms with Gasteiger partial charge in [-0.2, -0.15) is 0 Å². The molecule has 1 fully saturated rings. The Hall–Kier alpha value is -4.04. The second-order valence-electron chi connectivity index (χ2n) is 9.26. The van der Waals surface area contributed by atoms with Gasteiger partial charge in [-0.25, -0.2) is 4.98 Å². The van der Waals surface area contributed by atoms with Crippen LogP contribution in [0.2, 0.25) is 0 Å². The number of Topliss-reactive ketones (excluding diaryl/α,β-unsaturated/α-hetero) is 1. The molecule has 0 bridgehead atoms. The van der Waals surface area contributed by atoms with Crippen LogP contribution in [0.3, 0.4) is 0 Å². The second kappa shape index (κ2) is 9.68. The number of hydrogen-bond donors (Lipinski definition) is 1. The number of rotatable bonds is 9. The first-order chi connectivity index (χ1) is 16.8. The topological polar surface area (TPSA) is 68.5 Å². The van der Waals surface area contributed by atoms with Crippen LogP contribution < -0.4 is 15.4 Å². The van der Waals surface area contributed by atoms with Crippen molar-refractivity contribution in [2.75, 3.05) is 26.1 Å². The lowest BCUT2D eigenvalue weighted by Crippen LogP contribution is -2.22. The van der Waals surface area contributed by atoms with Gasteiger partial charge in [0.15, 0.2) is 0 Å². The summed E-state index contributed by atoms with van der Waals surface area (Å²) in [5.41, 5.74) is 10.8. The molecule has 0 amide bonds. The number of benzene rings is 2. The number of pyridine rings is 1. The minimum atomic E-state index is -0.445. The summed E-state index contributed by atoms with van der Waals surface area (Å²) in [5.74, 6) is 4.26. The molecule has 2 aromatic carbocycles. The van der Waals surface area contributed by atoms with Crippen LogP contribution in [0.25, 0.3) is 16.8 Å². The van der Waals surface area contributed by atoms with E-state index in [-0.39, 0.29) is 11.7 Å². The van der Waals surface area contributed by atoms with Crippen LogP contribution >= 0.6 is 0 Å². The Morgan fingerprint density at radius 3 is 2.51 bits per heavy atom. The van der Waals surface area contributed by atoms with Crippen molar-refractivity contribution in [1.82, 2.24) is 4.98 Å². The Labute approximate surface area is 207 Å². The number of terminal acetylenes is 1. The van der Waals surface area contributed by atoms with Crippen molar-refractivity contribution in [3.05, 3.63) is 84.1 Å². The molecule has 0 aliphatic heterocycles. The molecule has 2 N–H and O–H groups in total. The molecule has 1 unspecified atom stereocenters. The van der Waals surface area contributed by atoms with Crippen molar-refractivity contribution in [3.63, 3.8) is 0 Å². The monoisotopic (exact) mass is 465 g/mol. The van der Waals surface area contributed by atoms with Crippen LogP contribution in [0.4, 0.5) is 5.82 Å². The quantitative estimate of drug-likeness (QED) is 0.442. The third-order valence-electron chi connectivity index (χ3n) is 6.80. The average molecular weight is 466 g/mol. The summed E-state index contributed by atoms with van der Waals surface area (Å²) in [5, 5.41) is 0. The maximum Gasteiger partial charge on any atom is 0.144 e. The molecule has 178 valence electrons. The highest BCUT2D eigenvalue weighted by Gasteiger charge is 2.51. The van der Waals surface area contributed by atoms with E-state index in [1.807, 2.05) is 73.6 Å². The number of methoxy groups -OCH3 is 1. The average Bonchev–Trinajstić information content (AvgIpc) is 3.69. The van der Waals surface area contributed by atoms with E-state index >= 15 is 0 Å². The van der Waals surface area contributed by atoms with Gasteiger partial charge in [-0.05, 0) is 53.3 Å². The molecule has 1 aliphatic rings. The highest BCUT2D eigenvalue weighted by atomic mass is 16.5. The van der Waals surface area contributed by atoms with Crippen molar-refractivity contribution in [1.29, 1.82) is 0 Å². The number of hydrogen-bond acceptors (Lipinski definition) is 5. The third-order valence-corrected chi connectivity index (χ3v) is 6.80. The standard InChI is InChI=1S/C30H31N3O2/c1-6-21(18-27(34)30(15-16-30)24-8-7-9-25(19-24)35-5)22-10-12-23(13-11-22)26-14-17-32-29(33(3)4)28(26)20(2)31/h1,7-14,17,19,21H,2,15-16,18,31H2,3-5H3. The SMILES string of the molecule is C#CC(CC(=O)C1(c2cccc(OC)c2)CC1)c1ccc(-c2ccnc(N(C)C)c2C(=C)N)cc1. The normalized spacial score (nSPS) is 14.5. The molecule has 1 aromatic heterocycles. The van der Waals surface area contributed by atoms with E-state index in [1.165, 1.54) is 0 Å². The fraction of sp³-hybridized carbons (Fsp3) is 0.267. The Kier molecular flexibility index (Phi) is 6.66. The fourth-order valence-electron chi connectivity index (χ4n) is 4.67. The minimum Gasteiger partial charge on any atom is -0.497 e. The van der Waals surface area contributed by atoms with Gasteiger partial charge in [-0.1, -0.05) is 48.9 Å². The Morgan fingerprint density at radius 2 is 1.94 bits per heavy atom. The molecule has 0 saturated heterocycles. The Bertz CT molecular complexity index is 1300. The van der Waals surface area contributed by atoms with Gasteiger partial charge in [0.05, 0.1) is 18.4 Å². The molecule has 0 radical (unpaired) electrons. The molecule has 1 saturated carbocycles. The highest BCUT2D eigenvalue weighted by Crippen LogP contribution is 2.51. The number of aromatic nitrogens is 1. The number of anilines is 1. The van der Waals surface area contributed by atoms with Crippen molar-refractivity contribution in [3.8, 4) is 29.2 Å². The van der Waals surface area contributed by atoms with Gasteiger partial charge in [0.2, 0.25) is 0 Å². The summed E-state index contributed by atoms with van der Waals surface area (Å²) in [6.07, 6.45) is 9.66. The van der Waals surface area contributed by atoms with E-state index in [1.54, 1.807) is 13.3 Å². The van der Waals surface area contributed by atoms with Crippen molar-refractivity contribution >= 4 is 17.3 Å². The second-order valence-corrected chi connectivity index (χ2v) is 9.26. The zero-order valence-corrected chi connectivity index (χ0v) is 20.5. The van der Waals surface area contributed by atoms with E-state index in [2.05, 4.69) is 17.5 Å². The summed E-state index contributed by atoms with van der Waals surface area (Å²) in [6, 6.07) is 17.8. The summed E-state index contributed by atoms with van der Waals surface area (Å²) in [7, 11) is 5.49. The van der Waals surface area contributed by atoms with Crippen LogP contribution in [0, 0.1) is 12.3 Å². The maximum atomic E-state index is 13.4. The van der Waals surface area contributed by atoms with Gasteiger partial charge in [-0.15, -0.1) is 6.42 Å². The van der Waals surface area contributed by atoms with E-state index in [0.717, 1.165) is 52.2 Å². The molecular formula is C30H31N3O2. The maximum absolute atomic E-state index is 13.4. The Balaban J connectivity index is 1.58. The molecule has 3 aromatic rings. The highest BCUT2D eigenvalue weighted by molar-refractivity contribution is 5.94. The van der Waals surface area contributed by atoms with E-state index < -0.39 is 5.41 Å². The van der Waals surface area contributed by atoms with Crippen LogP contribution in [0.5, 0.6) is 5.75 Å². The van der Waals surface area contributed by atoms with Gasteiger partial charge in [0, 0.05) is 38.0 Å². The zero-order valence-electron chi connectivity index (χ0n) is 20.5.